The summed E-state index contributed by atoms with van der Waals surface area (Å²) in [5.74, 6) is -0.864. The van der Waals surface area contributed by atoms with E-state index in [4.69, 9.17) is 5.73 Å². The van der Waals surface area contributed by atoms with Crippen LogP contribution in [-0.2, 0) is 30.4 Å². The monoisotopic (exact) mass is 577 g/mol. The first-order valence-corrected chi connectivity index (χ1v) is 15.3. The second-order valence-electron chi connectivity index (χ2n) is 10.5. The zero-order valence-corrected chi connectivity index (χ0v) is 25.3. The molecule has 4 amide bonds. The molecule has 0 saturated heterocycles. The van der Waals surface area contributed by atoms with E-state index in [0.29, 0.717) is 44.4 Å². The summed E-state index contributed by atoms with van der Waals surface area (Å²) in [6.45, 7) is 7.07. The van der Waals surface area contributed by atoms with Crippen LogP contribution in [-0.4, -0.2) is 72.1 Å². The summed E-state index contributed by atoms with van der Waals surface area (Å²) >= 11 is 1.56. The Bertz CT molecular complexity index is 959. The minimum absolute atomic E-state index is 0.0645. The van der Waals surface area contributed by atoms with E-state index in [0.717, 1.165) is 5.56 Å². The molecule has 6 N–H and O–H groups in total. The highest BCUT2D eigenvalue weighted by molar-refractivity contribution is 7.98. The lowest BCUT2D eigenvalue weighted by Gasteiger charge is -2.26. The van der Waals surface area contributed by atoms with Crippen molar-refractivity contribution in [2.75, 3.05) is 18.6 Å². The molecule has 40 heavy (non-hydrogen) atoms. The van der Waals surface area contributed by atoms with Crippen molar-refractivity contribution in [2.45, 2.75) is 90.4 Å². The summed E-state index contributed by atoms with van der Waals surface area (Å²) in [7, 11) is 0. The molecule has 0 heterocycles. The van der Waals surface area contributed by atoms with Gasteiger partial charge in [-0.15, -0.1) is 0 Å². The maximum atomic E-state index is 13.5. The Morgan fingerprint density at radius 1 is 0.825 bits per heavy atom. The van der Waals surface area contributed by atoms with E-state index < -0.39 is 36.0 Å². The fourth-order valence-electron chi connectivity index (χ4n) is 4.08. The summed E-state index contributed by atoms with van der Waals surface area (Å²) in [5, 5.41) is 11.2. The van der Waals surface area contributed by atoms with Crippen molar-refractivity contribution in [2.24, 2.45) is 11.7 Å². The third kappa shape index (κ3) is 14.5. The number of Topliss-reactive ketones (excluding diaryl/α,β-unsaturated/α-hetero) is 1. The topological polar surface area (TPSA) is 159 Å². The lowest BCUT2D eigenvalue weighted by atomic mass is 10.0. The summed E-state index contributed by atoms with van der Waals surface area (Å²) in [4.78, 5) is 62.7. The van der Waals surface area contributed by atoms with Crippen LogP contribution >= 0.6 is 11.8 Å². The maximum Gasteiger partial charge on any atom is 0.243 e. The molecular formula is C29H47N5O5S. The van der Waals surface area contributed by atoms with Crippen molar-refractivity contribution in [1.29, 1.82) is 0 Å². The number of thioether (sulfide) groups is 1. The minimum Gasteiger partial charge on any atom is -0.354 e. The first-order chi connectivity index (χ1) is 18.9. The van der Waals surface area contributed by atoms with Crippen LogP contribution in [0.25, 0.3) is 0 Å². The van der Waals surface area contributed by atoms with E-state index in [9.17, 15) is 24.0 Å². The van der Waals surface area contributed by atoms with Gasteiger partial charge in [-0.1, -0.05) is 44.2 Å². The number of rotatable bonds is 19. The summed E-state index contributed by atoms with van der Waals surface area (Å²) < 4.78 is 0. The van der Waals surface area contributed by atoms with Gasteiger partial charge in [-0.05, 0) is 62.5 Å². The quantitative estimate of drug-likeness (QED) is 0.157. The molecule has 10 nitrogen and oxygen atoms in total. The average molecular weight is 578 g/mol. The maximum absolute atomic E-state index is 13.5. The molecule has 0 fully saturated rings. The molecule has 4 unspecified atom stereocenters. The van der Waals surface area contributed by atoms with Crippen molar-refractivity contribution >= 4 is 41.2 Å². The molecule has 0 aromatic heterocycles. The molecule has 0 radical (unpaired) electrons. The van der Waals surface area contributed by atoms with Gasteiger partial charge in [0.05, 0.1) is 6.04 Å². The Kier molecular flexibility index (Phi) is 16.9. The SMILES string of the molecule is CSCCC(NC(C)=O)C(=O)NC(CC(C)C)C(=O)NC(Cc1ccccc1)C(=O)NCCCCC(N)C(C)=O. The summed E-state index contributed by atoms with van der Waals surface area (Å²) in [6, 6.07) is 6.37. The van der Waals surface area contributed by atoms with Gasteiger partial charge in [0.15, 0.2) is 0 Å². The van der Waals surface area contributed by atoms with Gasteiger partial charge < -0.3 is 27.0 Å². The Morgan fingerprint density at radius 2 is 1.45 bits per heavy atom. The number of amides is 4. The van der Waals surface area contributed by atoms with E-state index >= 15 is 0 Å². The van der Waals surface area contributed by atoms with Crippen LogP contribution < -0.4 is 27.0 Å². The predicted octanol–water partition coefficient (Wildman–Crippen LogP) is 1.71. The highest BCUT2D eigenvalue weighted by atomic mass is 32.2. The molecule has 4 atom stereocenters. The molecule has 0 aliphatic heterocycles. The largest absolute Gasteiger partial charge is 0.354 e. The molecule has 0 spiro atoms. The number of ketones is 1. The number of carbonyl (C=O) groups excluding carboxylic acids is 5. The van der Waals surface area contributed by atoms with Crippen molar-refractivity contribution in [1.82, 2.24) is 21.3 Å². The molecule has 1 aromatic rings. The molecule has 0 aliphatic carbocycles. The second-order valence-corrected chi connectivity index (χ2v) is 11.5. The fraction of sp³-hybridized carbons (Fsp3) is 0.621. The standard InChI is InChI=1S/C29H47N5O5S/c1-19(2)17-25(33-28(38)24(14-16-40-5)32-21(4)36)29(39)34-26(18-22-11-7-6-8-12-22)27(37)31-15-10-9-13-23(30)20(3)35/h6-8,11-12,19,23-26H,9-10,13-18,30H2,1-5H3,(H,31,37)(H,32,36)(H,33,38)(H,34,39). The van der Waals surface area contributed by atoms with Crippen LogP contribution in [0.5, 0.6) is 0 Å². The molecule has 1 aromatic carbocycles. The first kappa shape index (κ1) is 35.1. The summed E-state index contributed by atoms with van der Waals surface area (Å²) in [5.41, 5.74) is 6.65. The van der Waals surface area contributed by atoms with E-state index in [1.165, 1.54) is 13.8 Å². The van der Waals surface area contributed by atoms with Crippen molar-refractivity contribution in [3.8, 4) is 0 Å². The minimum atomic E-state index is -0.878. The summed E-state index contributed by atoms with van der Waals surface area (Å²) in [6.07, 6.45) is 4.86. The number of benzene rings is 1. The normalized spacial score (nSPS) is 14.0. The van der Waals surface area contributed by atoms with Crippen LogP contribution in [0, 0.1) is 5.92 Å². The van der Waals surface area contributed by atoms with E-state index in [1.54, 1.807) is 11.8 Å². The third-order valence-corrected chi connectivity index (χ3v) is 6.97. The van der Waals surface area contributed by atoms with Crippen LogP contribution in [0.15, 0.2) is 30.3 Å². The number of nitrogens with two attached hydrogens (primary N) is 1. The fourth-order valence-corrected chi connectivity index (χ4v) is 4.56. The number of hydrogen-bond acceptors (Lipinski definition) is 7. The van der Waals surface area contributed by atoms with Gasteiger partial charge in [0.2, 0.25) is 23.6 Å². The Labute approximate surface area is 242 Å². The molecule has 1 rings (SSSR count). The number of hydrogen-bond donors (Lipinski definition) is 5. The predicted molar refractivity (Wildman–Crippen MR) is 160 cm³/mol. The smallest absolute Gasteiger partial charge is 0.243 e. The molecule has 0 aliphatic rings. The van der Waals surface area contributed by atoms with E-state index in [1.807, 2.05) is 50.4 Å². The molecule has 0 bridgehead atoms. The van der Waals surface area contributed by atoms with Crippen LogP contribution in [0.1, 0.15) is 65.4 Å². The van der Waals surface area contributed by atoms with Crippen molar-refractivity contribution in [3.05, 3.63) is 35.9 Å². The van der Waals surface area contributed by atoms with Crippen LogP contribution in [0.3, 0.4) is 0 Å². The third-order valence-electron chi connectivity index (χ3n) is 6.32. The van der Waals surface area contributed by atoms with Gasteiger partial charge in [-0.2, -0.15) is 11.8 Å². The van der Waals surface area contributed by atoms with Gasteiger partial charge in [0.25, 0.3) is 0 Å². The molecule has 224 valence electrons. The van der Waals surface area contributed by atoms with Crippen LogP contribution in [0.4, 0.5) is 0 Å². The highest BCUT2D eigenvalue weighted by Gasteiger charge is 2.30. The van der Waals surface area contributed by atoms with E-state index in [2.05, 4.69) is 21.3 Å². The lowest BCUT2D eigenvalue weighted by Crippen LogP contribution is -2.57. The van der Waals surface area contributed by atoms with Gasteiger partial charge >= 0.3 is 0 Å². The van der Waals surface area contributed by atoms with Crippen LogP contribution in [0.2, 0.25) is 0 Å². The molecule has 11 heteroatoms. The number of unbranched alkanes of at least 4 members (excludes halogenated alkanes) is 1. The van der Waals surface area contributed by atoms with Gasteiger partial charge in [0.1, 0.15) is 23.9 Å². The lowest BCUT2D eigenvalue weighted by molar-refractivity contribution is -0.133. The van der Waals surface area contributed by atoms with Gasteiger partial charge in [-0.3, -0.25) is 24.0 Å². The average Bonchev–Trinajstić information content (AvgIpc) is 2.89. The molecule has 0 saturated carbocycles. The first-order valence-electron chi connectivity index (χ1n) is 13.9. The number of nitrogens with one attached hydrogen (secondary N) is 4. The van der Waals surface area contributed by atoms with Gasteiger partial charge in [0, 0.05) is 19.9 Å². The van der Waals surface area contributed by atoms with Gasteiger partial charge in [-0.25, -0.2) is 0 Å². The zero-order valence-electron chi connectivity index (χ0n) is 24.5. The number of carbonyl (C=O) groups is 5. The zero-order chi connectivity index (χ0) is 30.1. The second kappa shape index (κ2) is 19.2. The van der Waals surface area contributed by atoms with E-state index in [-0.39, 0.29) is 29.9 Å². The Balaban J connectivity index is 2.96. The Morgan fingerprint density at radius 3 is 2.02 bits per heavy atom. The Hall–Kier alpha value is -2.92. The highest BCUT2D eigenvalue weighted by Crippen LogP contribution is 2.10. The van der Waals surface area contributed by atoms with Crippen molar-refractivity contribution in [3.63, 3.8) is 0 Å². The van der Waals surface area contributed by atoms with Crippen molar-refractivity contribution < 1.29 is 24.0 Å². The molecular weight excluding hydrogens is 530 g/mol.